The van der Waals surface area contributed by atoms with E-state index in [0.29, 0.717) is 25.4 Å². The van der Waals surface area contributed by atoms with Gasteiger partial charge in [0.15, 0.2) is 0 Å². The Morgan fingerprint density at radius 2 is 1.83 bits per heavy atom. The van der Waals surface area contributed by atoms with E-state index >= 15 is 0 Å². The molecule has 1 N–H and O–H groups in total. The Hall–Kier alpha value is -2.37. The Morgan fingerprint density at radius 1 is 1.17 bits per heavy atom. The minimum absolute atomic E-state index is 0.123. The summed E-state index contributed by atoms with van der Waals surface area (Å²) in [6.45, 7) is 10.7. The minimum atomic E-state index is -0.824. The van der Waals surface area contributed by atoms with Crippen LogP contribution >= 0.6 is 0 Å². The van der Waals surface area contributed by atoms with Gasteiger partial charge in [-0.15, -0.1) is 0 Å². The average molecular weight is 403 g/mol. The van der Waals surface area contributed by atoms with Crippen LogP contribution in [0.25, 0.3) is 0 Å². The molecule has 0 bridgehead atoms. The van der Waals surface area contributed by atoms with Gasteiger partial charge in [0.2, 0.25) is 11.8 Å². The quantitative estimate of drug-likeness (QED) is 0.678. The van der Waals surface area contributed by atoms with Crippen LogP contribution < -0.4 is 5.32 Å². The summed E-state index contributed by atoms with van der Waals surface area (Å²) in [5, 5.41) is 2.75. The summed E-state index contributed by atoms with van der Waals surface area (Å²) in [7, 11) is 0. The zero-order valence-corrected chi connectivity index (χ0v) is 18.2. The van der Waals surface area contributed by atoms with Crippen molar-refractivity contribution in [3.8, 4) is 0 Å². The first-order chi connectivity index (χ1) is 13.7. The van der Waals surface area contributed by atoms with Gasteiger partial charge in [-0.05, 0) is 43.7 Å². The van der Waals surface area contributed by atoms with Gasteiger partial charge in [-0.2, -0.15) is 0 Å². The second-order valence-electron chi connectivity index (χ2n) is 8.31. The van der Waals surface area contributed by atoms with Gasteiger partial charge < -0.3 is 15.0 Å². The molecule has 3 atom stereocenters. The van der Waals surface area contributed by atoms with Crippen LogP contribution in [0.3, 0.4) is 0 Å². The molecule has 2 amide bonds. The monoisotopic (exact) mass is 402 g/mol. The highest BCUT2D eigenvalue weighted by Crippen LogP contribution is 2.23. The second kappa shape index (κ2) is 10.4. The molecule has 29 heavy (non-hydrogen) atoms. The summed E-state index contributed by atoms with van der Waals surface area (Å²) >= 11 is 0. The second-order valence-corrected chi connectivity index (χ2v) is 8.31. The van der Waals surface area contributed by atoms with Crippen LogP contribution in [0.15, 0.2) is 24.3 Å². The largest absolute Gasteiger partial charge is 0.463 e. The Kier molecular flexibility index (Phi) is 8.23. The molecule has 2 rings (SSSR count). The molecule has 6 heteroatoms. The molecule has 0 saturated carbocycles. The number of carbonyl (C=O) groups is 3. The molecule has 0 spiro atoms. The molecule has 1 saturated heterocycles. The van der Waals surface area contributed by atoms with Gasteiger partial charge in [0, 0.05) is 13.1 Å². The van der Waals surface area contributed by atoms with Crippen molar-refractivity contribution < 1.29 is 19.1 Å². The average Bonchev–Trinajstić information content (AvgIpc) is 2.68. The number of nitrogens with zero attached hydrogens (tertiary/aromatic N) is 1. The van der Waals surface area contributed by atoms with Gasteiger partial charge >= 0.3 is 5.97 Å². The van der Waals surface area contributed by atoms with Crippen LogP contribution in [0.4, 0.5) is 0 Å². The van der Waals surface area contributed by atoms with Gasteiger partial charge in [0.05, 0.1) is 18.4 Å². The summed E-state index contributed by atoms with van der Waals surface area (Å²) < 4.78 is 5.31. The number of ether oxygens (including phenoxy) is 1. The number of amides is 2. The van der Waals surface area contributed by atoms with Crippen molar-refractivity contribution in [2.24, 2.45) is 5.92 Å². The molecule has 1 aliphatic heterocycles. The summed E-state index contributed by atoms with van der Waals surface area (Å²) in [5.74, 6) is -0.710. The van der Waals surface area contributed by atoms with Crippen molar-refractivity contribution in [1.82, 2.24) is 10.2 Å². The van der Waals surface area contributed by atoms with Gasteiger partial charge in [0.25, 0.3) is 0 Å². The highest BCUT2D eigenvalue weighted by Gasteiger charge is 2.37. The van der Waals surface area contributed by atoms with Gasteiger partial charge in [0.1, 0.15) is 6.04 Å². The molecule has 1 heterocycles. The van der Waals surface area contributed by atoms with E-state index in [1.807, 2.05) is 32.9 Å². The molecule has 1 aliphatic rings. The van der Waals surface area contributed by atoms with Crippen molar-refractivity contribution >= 4 is 17.8 Å². The van der Waals surface area contributed by atoms with Gasteiger partial charge in [-0.1, -0.05) is 45.0 Å². The number of piperazine rings is 1. The van der Waals surface area contributed by atoms with Crippen LogP contribution in [0, 0.1) is 5.92 Å². The van der Waals surface area contributed by atoms with Crippen molar-refractivity contribution in [1.29, 1.82) is 0 Å². The van der Waals surface area contributed by atoms with Crippen molar-refractivity contribution in [2.45, 2.75) is 71.9 Å². The number of hydrogen-bond donors (Lipinski definition) is 1. The van der Waals surface area contributed by atoms with Crippen molar-refractivity contribution in [3.63, 3.8) is 0 Å². The van der Waals surface area contributed by atoms with E-state index in [9.17, 15) is 14.4 Å². The number of benzene rings is 1. The third-order valence-corrected chi connectivity index (χ3v) is 5.38. The number of carbonyl (C=O) groups excluding carboxylic acids is 3. The van der Waals surface area contributed by atoms with E-state index in [-0.39, 0.29) is 30.3 Å². The predicted octanol–water partition coefficient (Wildman–Crippen LogP) is 3.05. The van der Waals surface area contributed by atoms with Crippen LogP contribution in [0.1, 0.15) is 64.5 Å². The maximum absolute atomic E-state index is 13.2. The first-order valence-corrected chi connectivity index (χ1v) is 10.6. The van der Waals surface area contributed by atoms with Crippen LogP contribution in [-0.2, 0) is 25.5 Å². The highest BCUT2D eigenvalue weighted by atomic mass is 16.5. The maximum atomic E-state index is 13.2. The molecule has 3 unspecified atom stereocenters. The van der Waals surface area contributed by atoms with Crippen LogP contribution in [0.2, 0.25) is 0 Å². The summed E-state index contributed by atoms with van der Waals surface area (Å²) in [6.07, 6.45) is 1.37. The van der Waals surface area contributed by atoms with E-state index in [1.54, 1.807) is 0 Å². The number of rotatable bonds is 8. The Balaban J connectivity index is 2.10. The van der Waals surface area contributed by atoms with E-state index in [1.165, 1.54) is 10.5 Å². The fraction of sp³-hybridized carbons (Fsp3) is 0.609. The first-order valence-electron chi connectivity index (χ1n) is 10.6. The van der Waals surface area contributed by atoms with Gasteiger partial charge in [-0.3, -0.25) is 14.4 Å². The van der Waals surface area contributed by atoms with E-state index < -0.39 is 12.0 Å². The van der Waals surface area contributed by atoms with E-state index in [4.69, 9.17) is 4.74 Å². The van der Waals surface area contributed by atoms with Crippen LogP contribution in [-0.4, -0.2) is 47.9 Å². The molecule has 160 valence electrons. The standard InChI is InChI=1S/C23H34N2O4/c1-6-16(4)29-21(26)14-20-22(27)24-11-12-25(20)23(28)17(5)19-9-7-18(8-10-19)13-15(2)3/h7-10,15-17,20H,6,11-14H2,1-5H3,(H,24,27). The predicted molar refractivity (Wildman–Crippen MR) is 112 cm³/mol. The van der Waals surface area contributed by atoms with Crippen LogP contribution in [0.5, 0.6) is 0 Å². The molecule has 0 radical (unpaired) electrons. The number of nitrogens with one attached hydrogen (secondary N) is 1. The lowest BCUT2D eigenvalue weighted by Crippen LogP contribution is -2.58. The van der Waals surface area contributed by atoms with Crippen molar-refractivity contribution in [2.75, 3.05) is 13.1 Å². The van der Waals surface area contributed by atoms with Gasteiger partial charge in [-0.25, -0.2) is 0 Å². The third kappa shape index (κ3) is 6.31. The Bertz CT molecular complexity index is 714. The highest BCUT2D eigenvalue weighted by molar-refractivity contribution is 5.93. The molecular weight excluding hydrogens is 368 g/mol. The molecule has 1 aromatic rings. The SMILES string of the molecule is CCC(C)OC(=O)CC1C(=O)NCCN1C(=O)C(C)c1ccc(CC(C)C)cc1. The first kappa shape index (κ1) is 22.9. The molecule has 6 nitrogen and oxygen atoms in total. The Morgan fingerprint density at radius 3 is 2.41 bits per heavy atom. The third-order valence-electron chi connectivity index (χ3n) is 5.38. The zero-order chi connectivity index (χ0) is 21.6. The lowest BCUT2D eigenvalue weighted by atomic mass is 9.95. The number of esters is 1. The van der Waals surface area contributed by atoms with E-state index in [2.05, 4.69) is 31.3 Å². The zero-order valence-electron chi connectivity index (χ0n) is 18.2. The molecule has 1 fully saturated rings. The lowest BCUT2D eigenvalue weighted by molar-refractivity contribution is -0.155. The fourth-order valence-corrected chi connectivity index (χ4v) is 3.50. The minimum Gasteiger partial charge on any atom is -0.463 e. The fourth-order valence-electron chi connectivity index (χ4n) is 3.50. The molecule has 0 aromatic heterocycles. The lowest BCUT2D eigenvalue weighted by Gasteiger charge is -2.36. The topological polar surface area (TPSA) is 75.7 Å². The maximum Gasteiger partial charge on any atom is 0.308 e. The Labute approximate surface area is 174 Å². The normalized spacial score (nSPS) is 18.9. The molecular formula is C23H34N2O4. The summed E-state index contributed by atoms with van der Waals surface area (Å²) in [5.41, 5.74) is 2.15. The van der Waals surface area contributed by atoms with E-state index in [0.717, 1.165) is 12.0 Å². The number of hydrogen-bond acceptors (Lipinski definition) is 4. The summed E-state index contributed by atoms with van der Waals surface area (Å²) in [4.78, 5) is 39.3. The van der Waals surface area contributed by atoms with Crippen molar-refractivity contribution in [3.05, 3.63) is 35.4 Å². The smallest absolute Gasteiger partial charge is 0.308 e. The molecule has 0 aliphatic carbocycles. The summed E-state index contributed by atoms with van der Waals surface area (Å²) in [6, 6.07) is 7.26. The molecule has 1 aromatic carbocycles.